The summed E-state index contributed by atoms with van der Waals surface area (Å²) in [6.07, 6.45) is 5.60. The molecule has 4 rings (SSSR count). The van der Waals surface area contributed by atoms with E-state index in [9.17, 15) is 4.79 Å². The maximum atomic E-state index is 13.7. The molecule has 1 aliphatic carbocycles. The number of nitrogens with one attached hydrogen (secondary N) is 2. The summed E-state index contributed by atoms with van der Waals surface area (Å²) in [6.45, 7) is 8.67. The minimum absolute atomic E-state index is 0.0736. The third-order valence-corrected chi connectivity index (χ3v) is 7.82. The summed E-state index contributed by atoms with van der Waals surface area (Å²) in [5, 5.41) is 7.27. The van der Waals surface area contributed by atoms with Gasteiger partial charge in [0.2, 0.25) is 5.91 Å². The molecular formula is C28H38N2O. The Kier molecular flexibility index (Phi) is 6.81. The van der Waals surface area contributed by atoms with Crippen LogP contribution in [0.15, 0.2) is 54.6 Å². The lowest BCUT2D eigenvalue weighted by Gasteiger charge is -2.38. The zero-order valence-corrected chi connectivity index (χ0v) is 19.4. The van der Waals surface area contributed by atoms with Crippen molar-refractivity contribution < 1.29 is 4.79 Å². The van der Waals surface area contributed by atoms with E-state index in [1.807, 2.05) is 18.2 Å². The zero-order chi connectivity index (χ0) is 21.8. The Morgan fingerprint density at radius 2 is 1.84 bits per heavy atom. The predicted octanol–water partition coefficient (Wildman–Crippen LogP) is 5.24. The first kappa shape index (κ1) is 22.1. The minimum atomic E-state index is -0.0946. The highest BCUT2D eigenvalue weighted by Crippen LogP contribution is 2.45. The lowest BCUT2D eigenvalue weighted by molar-refractivity contribution is -0.126. The van der Waals surface area contributed by atoms with Crippen molar-refractivity contribution in [2.75, 3.05) is 13.1 Å². The second-order valence-corrected chi connectivity index (χ2v) is 10.1. The van der Waals surface area contributed by atoms with Crippen LogP contribution < -0.4 is 10.6 Å². The molecule has 2 N–H and O–H groups in total. The molecule has 166 valence electrons. The molecule has 2 aliphatic rings. The first-order chi connectivity index (χ1) is 15.0. The van der Waals surface area contributed by atoms with Crippen LogP contribution in [0.1, 0.15) is 62.1 Å². The summed E-state index contributed by atoms with van der Waals surface area (Å²) in [7, 11) is 0. The molecule has 2 aromatic carbocycles. The predicted molar refractivity (Wildman–Crippen MR) is 128 cm³/mol. The number of carbonyl (C=O) groups excluding carboxylic acids is 1. The van der Waals surface area contributed by atoms with E-state index in [0.29, 0.717) is 11.8 Å². The fourth-order valence-corrected chi connectivity index (χ4v) is 6.15. The molecular weight excluding hydrogens is 380 g/mol. The number of benzene rings is 2. The van der Waals surface area contributed by atoms with Gasteiger partial charge in [0.05, 0.1) is 5.92 Å². The first-order valence-electron chi connectivity index (χ1n) is 12.1. The summed E-state index contributed by atoms with van der Waals surface area (Å²) in [5.41, 5.74) is 3.86. The fourth-order valence-electron chi connectivity index (χ4n) is 6.15. The number of fused-ring (bicyclic) bond motifs is 1. The molecule has 2 fully saturated rings. The SMILES string of the molecule is Cc1ccccc1CCC[C@]1(NC(=O)C(c2ccccc2)C(C)C)CC[C@@H]2CNC[C@@H]21. The average molecular weight is 419 g/mol. The fraction of sp³-hybridized carbons (Fsp3) is 0.536. The van der Waals surface area contributed by atoms with Gasteiger partial charge in [0.1, 0.15) is 0 Å². The van der Waals surface area contributed by atoms with Crippen LogP contribution in [0, 0.1) is 24.7 Å². The third kappa shape index (κ3) is 4.72. The van der Waals surface area contributed by atoms with E-state index in [4.69, 9.17) is 0 Å². The van der Waals surface area contributed by atoms with Crippen LogP contribution in [0.4, 0.5) is 0 Å². The first-order valence-corrected chi connectivity index (χ1v) is 12.1. The molecule has 0 spiro atoms. The Morgan fingerprint density at radius 3 is 2.58 bits per heavy atom. The van der Waals surface area contributed by atoms with Gasteiger partial charge in [-0.15, -0.1) is 0 Å². The third-order valence-electron chi connectivity index (χ3n) is 7.82. The van der Waals surface area contributed by atoms with Crippen molar-refractivity contribution in [3.05, 3.63) is 71.3 Å². The second-order valence-electron chi connectivity index (χ2n) is 10.1. The van der Waals surface area contributed by atoms with E-state index < -0.39 is 0 Å². The van der Waals surface area contributed by atoms with Gasteiger partial charge in [-0.3, -0.25) is 4.79 Å². The molecule has 1 heterocycles. The molecule has 31 heavy (non-hydrogen) atoms. The minimum Gasteiger partial charge on any atom is -0.350 e. The van der Waals surface area contributed by atoms with Crippen LogP contribution in [0.5, 0.6) is 0 Å². The molecule has 0 bridgehead atoms. The van der Waals surface area contributed by atoms with E-state index >= 15 is 0 Å². The number of hydrogen-bond acceptors (Lipinski definition) is 2. The quantitative estimate of drug-likeness (QED) is 0.615. The Labute approximate surface area is 188 Å². The lowest BCUT2D eigenvalue weighted by atomic mass is 9.78. The molecule has 1 saturated heterocycles. The molecule has 1 saturated carbocycles. The number of carbonyl (C=O) groups is 1. The van der Waals surface area contributed by atoms with Gasteiger partial charge in [0, 0.05) is 12.1 Å². The van der Waals surface area contributed by atoms with Crippen molar-refractivity contribution in [3.8, 4) is 0 Å². The highest BCUT2D eigenvalue weighted by atomic mass is 16.2. The molecule has 0 radical (unpaired) electrons. The van der Waals surface area contributed by atoms with Gasteiger partial charge in [0.15, 0.2) is 0 Å². The van der Waals surface area contributed by atoms with Gasteiger partial charge in [-0.25, -0.2) is 0 Å². The van der Waals surface area contributed by atoms with Gasteiger partial charge < -0.3 is 10.6 Å². The monoisotopic (exact) mass is 418 g/mol. The van der Waals surface area contributed by atoms with Gasteiger partial charge in [0.25, 0.3) is 0 Å². The molecule has 3 nitrogen and oxygen atoms in total. The zero-order valence-electron chi connectivity index (χ0n) is 19.4. The Hall–Kier alpha value is -2.13. The molecule has 4 atom stereocenters. The Bertz CT molecular complexity index is 878. The van der Waals surface area contributed by atoms with E-state index in [0.717, 1.165) is 44.3 Å². The summed E-state index contributed by atoms with van der Waals surface area (Å²) < 4.78 is 0. The van der Waals surface area contributed by atoms with Crippen LogP contribution in [-0.2, 0) is 11.2 Å². The number of rotatable bonds is 8. The van der Waals surface area contributed by atoms with Crippen molar-refractivity contribution in [2.24, 2.45) is 17.8 Å². The summed E-state index contributed by atoms with van der Waals surface area (Å²) in [4.78, 5) is 13.7. The van der Waals surface area contributed by atoms with Crippen molar-refractivity contribution >= 4 is 5.91 Å². The summed E-state index contributed by atoms with van der Waals surface area (Å²) in [5.74, 6) is 1.64. The van der Waals surface area contributed by atoms with Crippen molar-refractivity contribution in [3.63, 3.8) is 0 Å². The topological polar surface area (TPSA) is 41.1 Å². The van der Waals surface area contributed by atoms with Crippen molar-refractivity contribution in [1.82, 2.24) is 10.6 Å². The van der Waals surface area contributed by atoms with E-state index in [1.54, 1.807) is 0 Å². The lowest BCUT2D eigenvalue weighted by Crippen LogP contribution is -2.54. The highest BCUT2D eigenvalue weighted by molar-refractivity contribution is 5.84. The van der Waals surface area contributed by atoms with Crippen LogP contribution >= 0.6 is 0 Å². The smallest absolute Gasteiger partial charge is 0.228 e. The van der Waals surface area contributed by atoms with E-state index in [1.165, 1.54) is 17.5 Å². The van der Waals surface area contributed by atoms with E-state index in [2.05, 4.69) is 67.8 Å². The standard InChI is InChI=1S/C28H38N2O/c1-20(2)26(23-12-5-4-6-13-23)27(31)30-28(17-15-24-18-29-19-25(24)28)16-9-14-22-11-8-7-10-21(22)3/h4-8,10-13,20,24-26,29H,9,14-19H2,1-3H3,(H,30,31)/t24-,25+,26?,28+/m1/s1. The highest BCUT2D eigenvalue weighted by Gasteiger charge is 2.51. The van der Waals surface area contributed by atoms with Crippen LogP contribution in [0.3, 0.4) is 0 Å². The van der Waals surface area contributed by atoms with Gasteiger partial charge in [-0.05, 0) is 80.0 Å². The maximum absolute atomic E-state index is 13.7. The van der Waals surface area contributed by atoms with Gasteiger partial charge in [-0.2, -0.15) is 0 Å². The molecule has 1 aliphatic heterocycles. The number of aryl methyl sites for hydroxylation is 2. The molecule has 2 aromatic rings. The van der Waals surface area contributed by atoms with Crippen LogP contribution in [0.25, 0.3) is 0 Å². The average Bonchev–Trinajstić information content (AvgIpc) is 3.35. The number of amides is 1. The summed E-state index contributed by atoms with van der Waals surface area (Å²) >= 11 is 0. The van der Waals surface area contributed by atoms with Crippen molar-refractivity contribution in [2.45, 2.75) is 64.3 Å². The molecule has 1 unspecified atom stereocenters. The Balaban J connectivity index is 1.52. The molecule has 3 heteroatoms. The van der Waals surface area contributed by atoms with E-state index in [-0.39, 0.29) is 23.3 Å². The van der Waals surface area contributed by atoms with Gasteiger partial charge >= 0.3 is 0 Å². The second kappa shape index (κ2) is 9.56. The summed E-state index contributed by atoms with van der Waals surface area (Å²) in [6, 6.07) is 19.0. The Morgan fingerprint density at radius 1 is 1.10 bits per heavy atom. The van der Waals surface area contributed by atoms with Crippen LogP contribution in [0.2, 0.25) is 0 Å². The van der Waals surface area contributed by atoms with Gasteiger partial charge in [-0.1, -0.05) is 68.4 Å². The normalized spacial score (nSPS) is 26.1. The van der Waals surface area contributed by atoms with Crippen molar-refractivity contribution in [1.29, 1.82) is 0 Å². The maximum Gasteiger partial charge on any atom is 0.228 e. The largest absolute Gasteiger partial charge is 0.350 e. The molecule has 1 amide bonds. The molecule has 0 aromatic heterocycles. The number of hydrogen-bond donors (Lipinski definition) is 2. The van der Waals surface area contributed by atoms with Crippen LogP contribution in [-0.4, -0.2) is 24.5 Å².